The number of carboxylic acids is 1. The Labute approximate surface area is 124 Å². The highest BCUT2D eigenvalue weighted by atomic mass is 16.4. The summed E-state index contributed by atoms with van der Waals surface area (Å²) in [6.45, 7) is 5.93. The summed E-state index contributed by atoms with van der Waals surface area (Å²) in [4.78, 5) is 36.3. The van der Waals surface area contributed by atoms with Crippen LogP contribution in [0.25, 0.3) is 0 Å². The average Bonchev–Trinajstić information content (AvgIpc) is 2.37. The van der Waals surface area contributed by atoms with Crippen molar-refractivity contribution in [3.8, 4) is 0 Å². The molecule has 4 N–H and O–H groups in total. The molecule has 0 radical (unpaired) electrons. The van der Waals surface area contributed by atoms with Gasteiger partial charge in [0.2, 0.25) is 5.91 Å². The Morgan fingerprint density at radius 1 is 1.33 bits per heavy atom. The second kappa shape index (κ2) is 7.28. The number of nitrogens with zero attached hydrogens (tertiary/aromatic N) is 1. The van der Waals surface area contributed by atoms with Gasteiger partial charge in [-0.05, 0) is 32.1 Å². The fraction of sp³-hybridized carbons (Fsp3) is 0.786. The third kappa shape index (κ3) is 4.91. The summed E-state index contributed by atoms with van der Waals surface area (Å²) in [6, 6.07) is -1.39. The van der Waals surface area contributed by atoms with Crippen LogP contribution in [-0.2, 0) is 9.59 Å². The smallest absolute Gasteiger partial charge is 0.326 e. The quantitative estimate of drug-likeness (QED) is 0.696. The van der Waals surface area contributed by atoms with E-state index in [1.165, 1.54) is 4.90 Å². The molecule has 0 aromatic rings. The van der Waals surface area contributed by atoms with Gasteiger partial charge in [0.25, 0.3) is 0 Å². The van der Waals surface area contributed by atoms with Gasteiger partial charge in [-0.3, -0.25) is 4.79 Å². The molecule has 1 saturated heterocycles. The van der Waals surface area contributed by atoms with Crippen molar-refractivity contribution in [1.82, 2.24) is 10.2 Å². The lowest BCUT2D eigenvalue weighted by molar-refractivity contribution is -0.139. The van der Waals surface area contributed by atoms with Gasteiger partial charge in [-0.25, -0.2) is 9.59 Å². The van der Waals surface area contributed by atoms with Gasteiger partial charge in [0.05, 0.1) is 5.92 Å². The third-order valence-corrected chi connectivity index (χ3v) is 3.85. The van der Waals surface area contributed by atoms with Crippen molar-refractivity contribution in [2.45, 2.75) is 52.1 Å². The lowest BCUT2D eigenvalue weighted by Crippen LogP contribution is -2.55. The van der Waals surface area contributed by atoms with Crippen molar-refractivity contribution in [1.29, 1.82) is 0 Å². The second-order valence-electron chi connectivity index (χ2n) is 6.15. The standard InChI is InChI=1S/C14H25N3O4/c1-8(2)6-11(13(19)20)16-14(21)17-7-10(12(15)18)5-4-9(17)3/h8-11H,4-7H2,1-3H3,(H2,15,18)(H,16,21)(H,19,20)/t9?,10?,11-/m0/s1. The Balaban J connectivity index is 2.71. The van der Waals surface area contributed by atoms with Crippen LogP contribution in [0.4, 0.5) is 4.79 Å². The number of aliphatic carboxylic acids is 1. The van der Waals surface area contributed by atoms with Gasteiger partial charge in [0.15, 0.2) is 0 Å². The monoisotopic (exact) mass is 299 g/mol. The van der Waals surface area contributed by atoms with E-state index in [0.29, 0.717) is 19.3 Å². The van der Waals surface area contributed by atoms with Gasteiger partial charge >= 0.3 is 12.0 Å². The molecule has 0 bridgehead atoms. The van der Waals surface area contributed by atoms with Crippen molar-refractivity contribution in [3.05, 3.63) is 0 Å². The van der Waals surface area contributed by atoms with Crippen LogP contribution in [0.2, 0.25) is 0 Å². The maximum absolute atomic E-state index is 12.3. The summed E-state index contributed by atoms with van der Waals surface area (Å²) >= 11 is 0. The van der Waals surface area contributed by atoms with Crippen molar-refractivity contribution >= 4 is 17.9 Å². The first-order valence-corrected chi connectivity index (χ1v) is 7.31. The van der Waals surface area contributed by atoms with Gasteiger partial charge in [0.1, 0.15) is 6.04 Å². The number of primary amides is 1. The lowest BCUT2D eigenvalue weighted by atomic mass is 9.93. The molecule has 7 nitrogen and oxygen atoms in total. The normalized spacial score (nSPS) is 23.7. The number of piperidine rings is 1. The number of hydrogen-bond acceptors (Lipinski definition) is 3. The highest BCUT2D eigenvalue weighted by Gasteiger charge is 2.33. The van der Waals surface area contributed by atoms with Crippen molar-refractivity contribution in [2.75, 3.05) is 6.54 Å². The summed E-state index contributed by atoms with van der Waals surface area (Å²) in [5, 5.41) is 11.7. The van der Waals surface area contributed by atoms with Crippen LogP contribution in [0.3, 0.4) is 0 Å². The molecule has 1 rings (SSSR count). The summed E-state index contributed by atoms with van der Waals surface area (Å²) in [5.74, 6) is -1.67. The van der Waals surface area contributed by atoms with Gasteiger partial charge < -0.3 is 21.1 Å². The number of carbonyl (C=O) groups excluding carboxylic acids is 2. The fourth-order valence-electron chi connectivity index (χ4n) is 2.55. The van der Waals surface area contributed by atoms with Crippen LogP contribution >= 0.6 is 0 Å². The first kappa shape index (κ1) is 17.3. The van der Waals surface area contributed by atoms with E-state index in [-0.39, 0.29) is 24.4 Å². The van der Waals surface area contributed by atoms with E-state index in [2.05, 4.69) is 5.32 Å². The molecule has 0 aliphatic carbocycles. The minimum Gasteiger partial charge on any atom is -0.480 e. The first-order valence-electron chi connectivity index (χ1n) is 7.31. The SMILES string of the molecule is CC(C)C[C@H](NC(=O)N1CC(C(N)=O)CCC1C)C(=O)O. The lowest BCUT2D eigenvalue weighted by Gasteiger charge is -2.37. The number of likely N-dealkylation sites (tertiary alicyclic amines) is 1. The van der Waals surface area contributed by atoms with E-state index >= 15 is 0 Å². The Hall–Kier alpha value is -1.79. The van der Waals surface area contributed by atoms with E-state index in [0.717, 1.165) is 0 Å². The van der Waals surface area contributed by atoms with E-state index in [1.807, 2.05) is 20.8 Å². The van der Waals surface area contributed by atoms with Crippen LogP contribution in [-0.4, -0.2) is 46.5 Å². The Bertz CT molecular complexity index is 411. The minimum absolute atomic E-state index is 0.0332. The molecule has 1 aliphatic heterocycles. The molecule has 0 spiro atoms. The van der Waals surface area contributed by atoms with Crippen molar-refractivity contribution in [3.63, 3.8) is 0 Å². The molecular formula is C14H25N3O4. The molecule has 1 fully saturated rings. The van der Waals surface area contributed by atoms with Gasteiger partial charge in [-0.1, -0.05) is 13.8 Å². The molecule has 1 heterocycles. The van der Waals surface area contributed by atoms with Crippen LogP contribution in [0.5, 0.6) is 0 Å². The molecule has 1 aliphatic rings. The maximum Gasteiger partial charge on any atom is 0.326 e. The van der Waals surface area contributed by atoms with E-state index < -0.39 is 23.9 Å². The molecule has 0 aromatic heterocycles. The third-order valence-electron chi connectivity index (χ3n) is 3.85. The summed E-state index contributed by atoms with van der Waals surface area (Å²) in [6.07, 6.45) is 1.71. The highest BCUT2D eigenvalue weighted by Crippen LogP contribution is 2.22. The molecule has 3 amide bonds. The zero-order valence-corrected chi connectivity index (χ0v) is 12.8. The molecule has 7 heteroatoms. The molecule has 3 atom stereocenters. The zero-order chi connectivity index (χ0) is 16.2. The molecule has 2 unspecified atom stereocenters. The number of nitrogens with two attached hydrogens (primary N) is 1. The number of urea groups is 1. The van der Waals surface area contributed by atoms with E-state index in [9.17, 15) is 14.4 Å². The van der Waals surface area contributed by atoms with Crippen LogP contribution < -0.4 is 11.1 Å². The highest BCUT2D eigenvalue weighted by molar-refractivity contribution is 5.83. The Morgan fingerprint density at radius 3 is 2.43 bits per heavy atom. The second-order valence-corrected chi connectivity index (χ2v) is 6.15. The molecule has 0 saturated carbocycles. The topological polar surface area (TPSA) is 113 Å². The fourth-order valence-corrected chi connectivity index (χ4v) is 2.55. The Kier molecular flexibility index (Phi) is 5.99. The minimum atomic E-state index is -1.05. The number of nitrogens with one attached hydrogen (secondary N) is 1. The molecular weight excluding hydrogens is 274 g/mol. The van der Waals surface area contributed by atoms with Gasteiger partial charge in [-0.2, -0.15) is 0 Å². The number of carboxylic acid groups (broad SMARTS) is 1. The Morgan fingerprint density at radius 2 is 1.95 bits per heavy atom. The average molecular weight is 299 g/mol. The van der Waals surface area contributed by atoms with Gasteiger partial charge in [0, 0.05) is 12.6 Å². The molecule has 21 heavy (non-hydrogen) atoms. The first-order chi connectivity index (χ1) is 9.72. The number of carbonyl (C=O) groups is 3. The van der Waals surface area contributed by atoms with E-state index in [1.54, 1.807) is 0 Å². The summed E-state index contributed by atoms with van der Waals surface area (Å²) < 4.78 is 0. The summed E-state index contributed by atoms with van der Waals surface area (Å²) in [5.41, 5.74) is 5.30. The number of amides is 3. The van der Waals surface area contributed by atoms with Crippen molar-refractivity contribution < 1.29 is 19.5 Å². The van der Waals surface area contributed by atoms with Crippen LogP contribution in [0, 0.1) is 11.8 Å². The molecule has 120 valence electrons. The maximum atomic E-state index is 12.3. The predicted molar refractivity (Wildman–Crippen MR) is 77.5 cm³/mol. The largest absolute Gasteiger partial charge is 0.480 e. The zero-order valence-electron chi connectivity index (χ0n) is 12.8. The van der Waals surface area contributed by atoms with Gasteiger partial charge in [-0.15, -0.1) is 0 Å². The van der Waals surface area contributed by atoms with E-state index in [4.69, 9.17) is 10.8 Å². The molecule has 0 aromatic carbocycles. The number of rotatable bonds is 5. The number of hydrogen-bond donors (Lipinski definition) is 3. The summed E-state index contributed by atoms with van der Waals surface area (Å²) in [7, 11) is 0. The van der Waals surface area contributed by atoms with Crippen molar-refractivity contribution in [2.24, 2.45) is 17.6 Å². The van der Waals surface area contributed by atoms with Crippen LogP contribution in [0.15, 0.2) is 0 Å². The predicted octanol–water partition coefficient (Wildman–Crippen LogP) is 0.781. The van der Waals surface area contributed by atoms with Crippen LogP contribution in [0.1, 0.15) is 40.0 Å².